The maximum absolute atomic E-state index is 9.98. The smallest absolute Gasteiger partial charge is 0.134 e. The van der Waals surface area contributed by atoms with Crippen molar-refractivity contribution in [2.24, 2.45) is 16.3 Å². The number of ether oxygens (including phenoxy) is 1. The lowest BCUT2D eigenvalue weighted by Crippen LogP contribution is -2.26. The highest BCUT2D eigenvalue weighted by molar-refractivity contribution is 7.16. The Morgan fingerprint density at radius 3 is 2.58 bits per heavy atom. The van der Waals surface area contributed by atoms with E-state index in [1.807, 2.05) is 24.4 Å². The van der Waals surface area contributed by atoms with Crippen LogP contribution in [-0.2, 0) is 19.4 Å². The van der Waals surface area contributed by atoms with Gasteiger partial charge in [-0.2, -0.15) is 5.26 Å². The van der Waals surface area contributed by atoms with E-state index in [1.165, 1.54) is 10.4 Å². The maximum Gasteiger partial charge on any atom is 0.134 e. The normalized spacial score (nSPS) is 15.4. The Labute approximate surface area is 240 Å². The fourth-order valence-corrected chi connectivity index (χ4v) is 6.66. The number of hydrogen-bond acceptors (Lipinski definition) is 5. The quantitative estimate of drug-likeness (QED) is 0.255. The van der Waals surface area contributed by atoms with E-state index in [9.17, 15) is 5.26 Å². The Balaban J connectivity index is 1.65. The molecule has 2 aromatic carbocycles. The number of nitriles is 1. The van der Waals surface area contributed by atoms with Gasteiger partial charge in [-0.1, -0.05) is 50.0 Å². The third-order valence-corrected chi connectivity index (χ3v) is 9.18. The minimum atomic E-state index is 0.254. The minimum absolute atomic E-state index is 0.254. The first kappa shape index (κ1) is 28.5. The van der Waals surface area contributed by atoms with Crippen molar-refractivity contribution in [1.82, 2.24) is 0 Å². The van der Waals surface area contributed by atoms with Crippen LogP contribution in [0.2, 0.25) is 10.0 Å². The highest BCUT2D eigenvalue weighted by Gasteiger charge is 2.32. The molecule has 0 unspecified atom stereocenters. The number of hydrogen-bond donors (Lipinski definition) is 0. The van der Waals surface area contributed by atoms with Crippen LogP contribution in [0.4, 0.5) is 10.7 Å². The first-order valence-corrected chi connectivity index (χ1v) is 14.8. The third-order valence-electron chi connectivity index (χ3n) is 7.43. The summed E-state index contributed by atoms with van der Waals surface area (Å²) in [6.07, 6.45) is 4.90. The Morgan fingerprint density at radius 1 is 1.16 bits per heavy atom. The van der Waals surface area contributed by atoms with Crippen LogP contribution in [0.15, 0.2) is 41.4 Å². The second-order valence-corrected chi connectivity index (χ2v) is 12.7. The SMILES string of the molecule is CCN(CC)c1ccc(C=Nc2sc3c(c2C#N)CC[C@H](C(C)(C)C)C3)c(OCc2ccc(Cl)cc2Cl)c1. The predicted octanol–water partition coefficient (Wildman–Crippen LogP) is 9.25. The van der Waals surface area contributed by atoms with Gasteiger partial charge in [0.25, 0.3) is 0 Å². The van der Waals surface area contributed by atoms with Gasteiger partial charge in [0.2, 0.25) is 0 Å². The molecule has 0 amide bonds. The summed E-state index contributed by atoms with van der Waals surface area (Å²) in [6.45, 7) is 13.3. The van der Waals surface area contributed by atoms with Gasteiger partial charge in [-0.05, 0) is 74.3 Å². The molecule has 0 N–H and O–H groups in total. The van der Waals surface area contributed by atoms with Crippen LogP contribution >= 0.6 is 34.5 Å². The average Bonchev–Trinajstić information content (AvgIpc) is 3.24. The largest absolute Gasteiger partial charge is 0.488 e. The van der Waals surface area contributed by atoms with Crippen molar-refractivity contribution in [3.05, 3.63) is 73.6 Å². The van der Waals surface area contributed by atoms with Gasteiger partial charge in [0, 0.05) is 57.1 Å². The molecule has 1 heterocycles. The van der Waals surface area contributed by atoms with E-state index in [4.69, 9.17) is 32.9 Å². The van der Waals surface area contributed by atoms with Crippen molar-refractivity contribution >= 4 is 51.4 Å². The van der Waals surface area contributed by atoms with Crippen molar-refractivity contribution in [1.29, 1.82) is 5.26 Å². The average molecular weight is 569 g/mol. The number of nitrogens with zero attached hydrogens (tertiary/aromatic N) is 3. The molecule has 7 heteroatoms. The Bertz CT molecular complexity index is 1360. The molecule has 1 atom stereocenters. The summed E-state index contributed by atoms with van der Waals surface area (Å²) in [5.74, 6) is 1.33. The first-order valence-electron chi connectivity index (χ1n) is 13.2. The lowest BCUT2D eigenvalue weighted by Gasteiger charge is -2.33. The third kappa shape index (κ3) is 6.37. The van der Waals surface area contributed by atoms with E-state index in [-0.39, 0.29) is 5.41 Å². The molecule has 1 aliphatic carbocycles. The van der Waals surface area contributed by atoms with E-state index >= 15 is 0 Å². The van der Waals surface area contributed by atoms with Crippen molar-refractivity contribution < 1.29 is 4.74 Å². The fourth-order valence-electron chi connectivity index (χ4n) is 4.98. The number of fused-ring (bicyclic) bond motifs is 1. The van der Waals surface area contributed by atoms with E-state index in [1.54, 1.807) is 17.4 Å². The molecule has 0 radical (unpaired) electrons. The second-order valence-electron chi connectivity index (χ2n) is 10.8. The van der Waals surface area contributed by atoms with Crippen LogP contribution < -0.4 is 9.64 Å². The second kappa shape index (κ2) is 12.1. The summed E-state index contributed by atoms with van der Waals surface area (Å²) >= 11 is 14.1. The predicted molar refractivity (Wildman–Crippen MR) is 162 cm³/mol. The van der Waals surface area contributed by atoms with E-state index in [0.29, 0.717) is 22.6 Å². The Kier molecular flexibility index (Phi) is 9.08. The first-order chi connectivity index (χ1) is 18.1. The monoisotopic (exact) mass is 567 g/mol. The number of aliphatic imine (C=N–C) groups is 1. The molecule has 0 aliphatic heterocycles. The summed E-state index contributed by atoms with van der Waals surface area (Å²) in [6, 6.07) is 14.0. The molecule has 38 heavy (non-hydrogen) atoms. The molecule has 4 nitrogen and oxygen atoms in total. The molecule has 1 aliphatic rings. The van der Waals surface area contributed by atoms with Gasteiger partial charge in [-0.25, -0.2) is 4.99 Å². The van der Waals surface area contributed by atoms with E-state index in [0.717, 1.165) is 65.5 Å². The van der Waals surface area contributed by atoms with Gasteiger partial charge in [0.15, 0.2) is 0 Å². The zero-order valence-electron chi connectivity index (χ0n) is 22.8. The number of anilines is 1. The standard InChI is InChI=1S/C31H35Cl2N3OS/c1-6-36(7-2)24-12-9-20(28(16-24)37-19-21-8-11-23(32)15-27(21)33)18-35-30-26(17-34)25-13-10-22(31(3,4)5)14-29(25)38-30/h8-9,11-12,15-16,18,22H,6-7,10,13-14,19H2,1-5H3/t22-/m0/s1. The Hall–Kier alpha value is -2.52. The van der Waals surface area contributed by atoms with Crippen molar-refractivity contribution in [2.45, 2.75) is 60.5 Å². The van der Waals surface area contributed by atoms with E-state index < -0.39 is 0 Å². The lowest BCUT2D eigenvalue weighted by molar-refractivity contribution is 0.218. The molecule has 0 saturated heterocycles. The zero-order valence-corrected chi connectivity index (χ0v) is 25.1. The summed E-state index contributed by atoms with van der Waals surface area (Å²) in [5.41, 5.74) is 4.97. The highest BCUT2D eigenvalue weighted by Crippen LogP contribution is 2.45. The van der Waals surface area contributed by atoms with Gasteiger partial charge >= 0.3 is 0 Å². The highest BCUT2D eigenvalue weighted by atomic mass is 35.5. The molecule has 0 spiro atoms. The molecule has 1 aromatic heterocycles. The molecular weight excluding hydrogens is 533 g/mol. The number of thiophene rings is 1. The van der Waals surface area contributed by atoms with Crippen LogP contribution in [0.5, 0.6) is 5.75 Å². The van der Waals surface area contributed by atoms with Crippen molar-refractivity contribution in [3.8, 4) is 11.8 Å². The summed E-state index contributed by atoms with van der Waals surface area (Å²) < 4.78 is 6.29. The van der Waals surface area contributed by atoms with Crippen LogP contribution in [0.3, 0.4) is 0 Å². The maximum atomic E-state index is 9.98. The molecule has 0 fully saturated rings. The van der Waals surface area contributed by atoms with Crippen LogP contribution in [0, 0.1) is 22.7 Å². The molecule has 0 bridgehead atoms. The summed E-state index contributed by atoms with van der Waals surface area (Å²) in [7, 11) is 0. The van der Waals surface area contributed by atoms with Crippen LogP contribution in [-0.4, -0.2) is 19.3 Å². The topological polar surface area (TPSA) is 48.6 Å². The van der Waals surface area contributed by atoms with Gasteiger partial charge in [0.1, 0.15) is 23.4 Å². The number of rotatable bonds is 8. The van der Waals surface area contributed by atoms with Crippen LogP contribution in [0.25, 0.3) is 0 Å². The summed E-state index contributed by atoms with van der Waals surface area (Å²) in [5, 5.41) is 11.9. The van der Waals surface area contributed by atoms with Gasteiger partial charge in [0.05, 0.1) is 5.56 Å². The molecule has 4 rings (SSSR count). The van der Waals surface area contributed by atoms with Crippen LogP contribution in [0.1, 0.15) is 68.2 Å². The van der Waals surface area contributed by atoms with Gasteiger partial charge in [-0.15, -0.1) is 11.3 Å². The van der Waals surface area contributed by atoms with E-state index in [2.05, 4.69) is 57.7 Å². The molecule has 0 saturated carbocycles. The summed E-state index contributed by atoms with van der Waals surface area (Å²) in [4.78, 5) is 8.42. The van der Waals surface area contributed by atoms with Gasteiger partial charge in [-0.3, -0.25) is 0 Å². The minimum Gasteiger partial charge on any atom is -0.488 e. The fraction of sp³-hybridized carbons (Fsp3) is 0.419. The molecular formula is C31H35Cl2N3OS. The van der Waals surface area contributed by atoms with Gasteiger partial charge < -0.3 is 9.64 Å². The van der Waals surface area contributed by atoms with Crippen molar-refractivity contribution in [2.75, 3.05) is 18.0 Å². The van der Waals surface area contributed by atoms with Crippen molar-refractivity contribution in [3.63, 3.8) is 0 Å². The molecule has 3 aromatic rings. The molecule has 200 valence electrons. The number of benzene rings is 2. The lowest BCUT2D eigenvalue weighted by atomic mass is 9.72. The number of halogens is 2. The Morgan fingerprint density at radius 2 is 1.92 bits per heavy atom. The zero-order chi connectivity index (χ0) is 27.4.